The maximum Gasteiger partial charge on any atom is 0.200 e. The molecule has 4 heteroatoms. The molecule has 0 radical (unpaired) electrons. The highest BCUT2D eigenvalue weighted by Crippen LogP contribution is 2.32. The van der Waals surface area contributed by atoms with Crippen molar-refractivity contribution < 1.29 is 4.42 Å². The fourth-order valence-electron chi connectivity index (χ4n) is 2.72. The summed E-state index contributed by atoms with van der Waals surface area (Å²) >= 11 is 5.96. The summed E-state index contributed by atoms with van der Waals surface area (Å²) in [5.41, 5.74) is 7.86. The molecule has 0 amide bonds. The topological polar surface area (TPSA) is 52.0 Å². The second-order valence-electron chi connectivity index (χ2n) is 5.07. The Hall–Kier alpha value is -1.06. The number of benzene rings is 1. The van der Waals surface area contributed by atoms with Crippen LogP contribution in [0.4, 0.5) is 0 Å². The van der Waals surface area contributed by atoms with E-state index in [2.05, 4.69) is 4.98 Å². The number of nitrogens with two attached hydrogens (primary N) is 1. The molecule has 18 heavy (non-hydrogen) atoms. The summed E-state index contributed by atoms with van der Waals surface area (Å²) < 4.78 is 5.84. The van der Waals surface area contributed by atoms with Crippen LogP contribution in [0.5, 0.6) is 0 Å². The molecule has 0 bridgehead atoms. The predicted octanol–water partition coefficient (Wildman–Crippen LogP) is 3.86. The number of rotatable bonds is 1. The number of halogens is 1. The molecule has 1 fully saturated rings. The Balaban J connectivity index is 1.97. The summed E-state index contributed by atoms with van der Waals surface area (Å²) in [5, 5.41) is 0.688. The van der Waals surface area contributed by atoms with Gasteiger partial charge in [0, 0.05) is 11.1 Å². The van der Waals surface area contributed by atoms with Gasteiger partial charge in [0.1, 0.15) is 5.52 Å². The first-order valence-electron chi connectivity index (χ1n) is 6.55. The Morgan fingerprint density at radius 1 is 1.22 bits per heavy atom. The highest BCUT2D eigenvalue weighted by atomic mass is 35.5. The summed E-state index contributed by atoms with van der Waals surface area (Å²) in [6.07, 6.45) is 5.81. The van der Waals surface area contributed by atoms with Gasteiger partial charge in [0.2, 0.25) is 0 Å². The van der Waals surface area contributed by atoms with E-state index in [0.717, 1.165) is 29.8 Å². The third kappa shape index (κ3) is 2.25. The van der Waals surface area contributed by atoms with Gasteiger partial charge in [0.25, 0.3) is 0 Å². The SMILES string of the molecule is NC1CCCCCC1c1nc2cc(Cl)ccc2o1. The maximum atomic E-state index is 6.24. The van der Waals surface area contributed by atoms with E-state index in [1.54, 1.807) is 0 Å². The second kappa shape index (κ2) is 4.90. The molecule has 3 nitrogen and oxygen atoms in total. The number of aromatic nitrogens is 1. The van der Waals surface area contributed by atoms with Crippen molar-refractivity contribution in [2.24, 2.45) is 5.73 Å². The van der Waals surface area contributed by atoms with Crippen LogP contribution in [0.15, 0.2) is 22.6 Å². The van der Waals surface area contributed by atoms with Gasteiger partial charge < -0.3 is 10.2 Å². The molecule has 96 valence electrons. The molecule has 1 aliphatic rings. The van der Waals surface area contributed by atoms with Gasteiger partial charge in [-0.3, -0.25) is 0 Å². The Kier molecular flexibility index (Phi) is 3.27. The van der Waals surface area contributed by atoms with Gasteiger partial charge in [-0.15, -0.1) is 0 Å². The molecule has 1 saturated carbocycles. The summed E-state index contributed by atoms with van der Waals surface area (Å²) in [7, 11) is 0. The fraction of sp³-hybridized carbons (Fsp3) is 0.500. The lowest BCUT2D eigenvalue weighted by Crippen LogP contribution is -2.27. The molecule has 2 aromatic rings. The molecule has 0 saturated heterocycles. The Labute approximate surface area is 111 Å². The zero-order valence-electron chi connectivity index (χ0n) is 10.2. The lowest BCUT2D eigenvalue weighted by atomic mass is 9.95. The summed E-state index contributed by atoms with van der Waals surface area (Å²) in [6, 6.07) is 5.70. The zero-order chi connectivity index (χ0) is 12.5. The number of nitrogens with zero attached hydrogens (tertiary/aromatic N) is 1. The largest absolute Gasteiger partial charge is 0.440 e. The first-order valence-corrected chi connectivity index (χ1v) is 6.93. The lowest BCUT2D eigenvalue weighted by molar-refractivity contribution is 0.402. The lowest BCUT2D eigenvalue weighted by Gasteiger charge is -2.17. The minimum Gasteiger partial charge on any atom is -0.440 e. The quantitative estimate of drug-likeness (QED) is 0.796. The number of oxazole rings is 1. The summed E-state index contributed by atoms with van der Waals surface area (Å²) in [5.74, 6) is 1.03. The molecule has 3 rings (SSSR count). The van der Waals surface area contributed by atoms with Gasteiger partial charge in [-0.05, 0) is 31.0 Å². The van der Waals surface area contributed by atoms with E-state index in [-0.39, 0.29) is 12.0 Å². The minimum absolute atomic E-state index is 0.163. The highest BCUT2D eigenvalue weighted by molar-refractivity contribution is 6.31. The molecule has 1 aromatic carbocycles. The van der Waals surface area contributed by atoms with Crippen LogP contribution in [0.1, 0.15) is 43.9 Å². The molecule has 1 heterocycles. The third-order valence-corrected chi connectivity index (χ3v) is 3.99. The summed E-state index contributed by atoms with van der Waals surface area (Å²) in [6.45, 7) is 0. The van der Waals surface area contributed by atoms with E-state index in [1.165, 1.54) is 19.3 Å². The van der Waals surface area contributed by atoms with Gasteiger partial charge in [-0.1, -0.05) is 30.9 Å². The van der Waals surface area contributed by atoms with Gasteiger partial charge in [0.05, 0.1) is 5.92 Å². The van der Waals surface area contributed by atoms with Gasteiger partial charge >= 0.3 is 0 Å². The molecule has 0 aliphatic heterocycles. The van der Waals surface area contributed by atoms with Gasteiger partial charge in [-0.25, -0.2) is 4.98 Å². The Morgan fingerprint density at radius 3 is 2.94 bits per heavy atom. The molecule has 1 aliphatic carbocycles. The smallest absolute Gasteiger partial charge is 0.200 e. The van der Waals surface area contributed by atoms with Crippen molar-refractivity contribution in [3.05, 3.63) is 29.1 Å². The Morgan fingerprint density at radius 2 is 2.06 bits per heavy atom. The van der Waals surface area contributed by atoms with E-state index >= 15 is 0 Å². The molecule has 0 spiro atoms. The monoisotopic (exact) mass is 264 g/mol. The van der Waals surface area contributed by atoms with Crippen LogP contribution < -0.4 is 5.73 Å². The van der Waals surface area contributed by atoms with Crippen molar-refractivity contribution in [3.63, 3.8) is 0 Å². The zero-order valence-corrected chi connectivity index (χ0v) is 11.0. The van der Waals surface area contributed by atoms with Crippen LogP contribution in [0.2, 0.25) is 5.02 Å². The van der Waals surface area contributed by atoms with Crippen molar-refractivity contribution in [1.82, 2.24) is 4.98 Å². The van der Waals surface area contributed by atoms with E-state index in [4.69, 9.17) is 21.8 Å². The molecule has 2 unspecified atom stereocenters. The Bertz CT molecular complexity index is 552. The standard InChI is InChI=1S/C14H17ClN2O/c15-9-6-7-13-12(8-9)17-14(18-13)10-4-2-1-3-5-11(10)16/h6-8,10-11H,1-5,16H2. The van der Waals surface area contributed by atoms with Crippen molar-refractivity contribution >= 4 is 22.7 Å². The summed E-state index contributed by atoms with van der Waals surface area (Å²) in [4.78, 5) is 4.56. The molecular formula is C14H17ClN2O. The van der Waals surface area contributed by atoms with Crippen molar-refractivity contribution in [2.45, 2.75) is 44.1 Å². The van der Waals surface area contributed by atoms with Crippen LogP contribution >= 0.6 is 11.6 Å². The van der Waals surface area contributed by atoms with Gasteiger partial charge in [-0.2, -0.15) is 0 Å². The van der Waals surface area contributed by atoms with Crippen LogP contribution in [0.25, 0.3) is 11.1 Å². The average Bonchev–Trinajstić information content (AvgIpc) is 2.63. The fourth-order valence-corrected chi connectivity index (χ4v) is 2.89. The van der Waals surface area contributed by atoms with E-state index in [0.29, 0.717) is 5.02 Å². The molecule has 1 aromatic heterocycles. The van der Waals surface area contributed by atoms with Crippen LogP contribution in [0.3, 0.4) is 0 Å². The van der Waals surface area contributed by atoms with E-state index < -0.39 is 0 Å². The molecule has 2 N–H and O–H groups in total. The molecule has 2 atom stereocenters. The van der Waals surface area contributed by atoms with Crippen molar-refractivity contribution in [2.75, 3.05) is 0 Å². The van der Waals surface area contributed by atoms with Crippen molar-refractivity contribution in [3.8, 4) is 0 Å². The third-order valence-electron chi connectivity index (χ3n) is 3.75. The van der Waals surface area contributed by atoms with Crippen molar-refractivity contribution in [1.29, 1.82) is 0 Å². The number of fused-ring (bicyclic) bond motifs is 1. The predicted molar refractivity (Wildman–Crippen MR) is 72.8 cm³/mol. The van der Waals surface area contributed by atoms with E-state index in [9.17, 15) is 0 Å². The maximum absolute atomic E-state index is 6.24. The first-order chi connectivity index (χ1) is 8.74. The average molecular weight is 265 g/mol. The van der Waals surface area contributed by atoms with Gasteiger partial charge in [0.15, 0.2) is 11.5 Å². The number of hydrogen-bond donors (Lipinski definition) is 1. The van der Waals surface area contributed by atoms with Crippen LogP contribution in [-0.2, 0) is 0 Å². The second-order valence-corrected chi connectivity index (χ2v) is 5.51. The van der Waals surface area contributed by atoms with Crippen LogP contribution in [-0.4, -0.2) is 11.0 Å². The normalized spacial score (nSPS) is 25.2. The first kappa shape index (κ1) is 12.0. The van der Waals surface area contributed by atoms with Crippen LogP contribution in [0, 0.1) is 0 Å². The number of hydrogen-bond acceptors (Lipinski definition) is 3. The minimum atomic E-state index is 0.163. The van der Waals surface area contributed by atoms with E-state index in [1.807, 2.05) is 18.2 Å². The molecular weight excluding hydrogens is 248 g/mol. The highest BCUT2D eigenvalue weighted by Gasteiger charge is 2.26.